The number of hydrogen-bond acceptors (Lipinski definition) is 1. The maximum atomic E-state index is 5.05. The van der Waals surface area contributed by atoms with Gasteiger partial charge in [-0.1, -0.05) is 0 Å². The fourth-order valence-electron chi connectivity index (χ4n) is 0.244. The van der Waals surface area contributed by atoms with Gasteiger partial charge in [0.05, 0.1) is 18.2 Å². The van der Waals surface area contributed by atoms with E-state index in [1.807, 2.05) is 13.8 Å². The summed E-state index contributed by atoms with van der Waals surface area (Å²) in [5.74, 6) is 0. The maximum absolute atomic E-state index is 5.05. The van der Waals surface area contributed by atoms with Crippen LogP contribution < -0.4 is 0 Å². The smallest absolute Gasteiger partial charge is 0.0878 e. The van der Waals surface area contributed by atoms with Crippen molar-refractivity contribution in [1.82, 2.24) is 0 Å². The molecule has 1 nitrogen and oxygen atoms in total. The molecule has 0 aliphatic rings. The fraction of sp³-hybridized carbons (Fsp3) is 0.600. The van der Waals surface area contributed by atoms with Crippen LogP contribution in [0.25, 0.3) is 0 Å². The van der Waals surface area contributed by atoms with Crippen molar-refractivity contribution in [2.75, 3.05) is 6.61 Å². The molecule has 0 aromatic carbocycles. The monoisotopic (exact) mass is 274 g/mol. The van der Waals surface area contributed by atoms with E-state index >= 15 is 0 Å². The number of hydrogen-bond donors (Lipinski definition) is 0. The Hall–Kier alpha value is 0.930. The van der Waals surface area contributed by atoms with Crippen molar-refractivity contribution >= 4 is 36.3 Å². The number of rotatable bonds is 3. The van der Waals surface area contributed by atoms with Gasteiger partial charge in [0.2, 0.25) is 0 Å². The first kappa shape index (κ1) is 9.93. The van der Waals surface area contributed by atoms with Gasteiger partial charge in [-0.2, -0.15) is 0 Å². The molecule has 0 aromatic rings. The lowest BCUT2D eigenvalue weighted by Crippen LogP contribution is -1.77. The minimum atomic E-state index is -0.312. The van der Waals surface area contributed by atoms with Crippen molar-refractivity contribution < 1.29 is 4.74 Å². The summed E-state index contributed by atoms with van der Waals surface area (Å²) in [6.45, 7) is 4.72. The van der Waals surface area contributed by atoms with Crippen LogP contribution in [0.2, 0.25) is 0 Å². The van der Waals surface area contributed by atoms with Crippen LogP contribution >= 0.6 is 36.3 Å². The molecule has 0 atom stereocenters. The predicted octanol–water partition coefficient (Wildman–Crippen LogP) is 3.99. The van der Waals surface area contributed by atoms with Gasteiger partial charge in [-0.05, 0) is 44.8 Å². The van der Waals surface area contributed by atoms with Gasteiger partial charge in [-0.3, -0.25) is 0 Å². The molecular formula is C5H9Br2OP. The van der Waals surface area contributed by atoms with Crippen molar-refractivity contribution in [1.29, 1.82) is 0 Å². The Morgan fingerprint density at radius 1 is 1.67 bits per heavy atom. The molecule has 0 radical (unpaired) electrons. The third-order valence-corrected chi connectivity index (χ3v) is 4.68. The Morgan fingerprint density at radius 2 is 2.22 bits per heavy atom. The molecule has 0 amide bonds. The first-order chi connectivity index (χ1) is 4.18. The Morgan fingerprint density at radius 3 is 2.56 bits per heavy atom. The van der Waals surface area contributed by atoms with E-state index in [1.54, 1.807) is 6.26 Å². The average Bonchev–Trinajstić information content (AvgIpc) is 1.82. The van der Waals surface area contributed by atoms with Crippen molar-refractivity contribution in [3.05, 3.63) is 11.6 Å². The Balaban J connectivity index is 3.55. The zero-order valence-corrected chi connectivity index (χ0v) is 9.46. The summed E-state index contributed by atoms with van der Waals surface area (Å²) in [5.41, 5.74) is 0. The Labute approximate surface area is 73.1 Å². The van der Waals surface area contributed by atoms with E-state index in [0.717, 1.165) is 6.61 Å². The van der Waals surface area contributed by atoms with Gasteiger partial charge in [0, 0.05) is 5.31 Å². The standard InChI is InChI=1S/C5H9Br2OP/c1-3-8-4-5(2)9(6)7/h4H,3H2,1-2H3/b5-4+. The highest BCUT2D eigenvalue weighted by Crippen LogP contribution is 2.58. The van der Waals surface area contributed by atoms with Crippen LogP contribution in [0.3, 0.4) is 0 Å². The molecule has 0 N–H and O–H groups in total. The largest absolute Gasteiger partial charge is 0.501 e. The highest BCUT2D eigenvalue weighted by molar-refractivity contribution is 9.70. The van der Waals surface area contributed by atoms with Crippen LogP contribution in [0, 0.1) is 0 Å². The first-order valence-corrected chi connectivity index (χ1v) is 7.96. The fourth-order valence-corrected chi connectivity index (χ4v) is 0.900. The van der Waals surface area contributed by atoms with Crippen LogP contribution in [0.4, 0.5) is 0 Å². The second-order valence-corrected chi connectivity index (χ2v) is 9.73. The molecule has 0 saturated heterocycles. The van der Waals surface area contributed by atoms with E-state index in [1.165, 1.54) is 5.31 Å². The topological polar surface area (TPSA) is 9.23 Å². The van der Waals surface area contributed by atoms with Crippen LogP contribution in [0.15, 0.2) is 11.6 Å². The molecular weight excluding hydrogens is 267 g/mol. The number of allylic oxidation sites excluding steroid dienone is 1. The molecule has 0 saturated carbocycles. The van der Waals surface area contributed by atoms with Crippen molar-refractivity contribution in [3.8, 4) is 0 Å². The zero-order valence-electron chi connectivity index (χ0n) is 5.40. The lowest BCUT2D eigenvalue weighted by Gasteiger charge is -2.00. The molecule has 0 unspecified atom stereocenters. The molecule has 0 bridgehead atoms. The summed E-state index contributed by atoms with van der Waals surface area (Å²) in [6, 6.07) is 0. The van der Waals surface area contributed by atoms with Crippen LogP contribution in [0.1, 0.15) is 13.8 Å². The number of ether oxygens (including phenoxy) is 1. The lowest BCUT2D eigenvalue weighted by atomic mass is 10.7. The van der Waals surface area contributed by atoms with Gasteiger partial charge in [0.1, 0.15) is 0 Å². The minimum absolute atomic E-state index is 0.312. The highest BCUT2D eigenvalue weighted by atomic mass is 79.9. The van der Waals surface area contributed by atoms with E-state index in [4.69, 9.17) is 4.74 Å². The first-order valence-electron chi connectivity index (χ1n) is 2.58. The van der Waals surface area contributed by atoms with Gasteiger partial charge in [0.25, 0.3) is 0 Å². The molecule has 0 aliphatic carbocycles. The highest BCUT2D eigenvalue weighted by Gasteiger charge is 1.98. The van der Waals surface area contributed by atoms with Crippen LogP contribution in [-0.4, -0.2) is 6.61 Å². The molecule has 54 valence electrons. The Kier molecular flexibility index (Phi) is 6.28. The zero-order chi connectivity index (χ0) is 7.28. The molecule has 0 aromatic heterocycles. The quantitative estimate of drug-likeness (QED) is 0.559. The third-order valence-electron chi connectivity index (χ3n) is 0.687. The summed E-state index contributed by atoms with van der Waals surface area (Å²) in [6.07, 6.45) is 1.77. The van der Waals surface area contributed by atoms with E-state index in [0.29, 0.717) is 0 Å². The average molecular weight is 276 g/mol. The number of halogens is 2. The summed E-state index contributed by atoms with van der Waals surface area (Å²) in [5, 5.41) is 0.889. The molecule has 9 heavy (non-hydrogen) atoms. The van der Waals surface area contributed by atoms with Crippen molar-refractivity contribution in [2.24, 2.45) is 0 Å². The van der Waals surface area contributed by atoms with Crippen LogP contribution in [0.5, 0.6) is 0 Å². The minimum Gasteiger partial charge on any atom is -0.501 e. The summed E-state index contributed by atoms with van der Waals surface area (Å²) < 4.78 is 5.05. The third kappa shape index (κ3) is 5.38. The normalized spacial score (nSPS) is 12.3. The molecule has 0 rings (SSSR count). The van der Waals surface area contributed by atoms with Crippen LogP contribution in [-0.2, 0) is 4.74 Å². The predicted molar refractivity (Wildman–Crippen MR) is 50.2 cm³/mol. The van der Waals surface area contributed by atoms with Gasteiger partial charge in [-0.15, -0.1) is 0 Å². The van der Waals surface area contributed by atoms with Gasteiger partial charge < -0.3 is 4.74 Å². The van der Waals surface area contributed by atoms with Gasteiger partial charge >= 0.3 is 0 Å². The summed E-state index contributed by atoms with van der Waals surface area (Å²) in [4.78, 5) is 0. The summed E-state index contributed by atoms with van der Waals surface area (Å²) in [7, 11) is 0. The van der Waals surface area contributed by atoms with E-state index < -0.39 is 0 Å². The molecule has 0 aliphatic heterocycles. The van der Waals surface area contributed by atoms with E-state index in [-0.39, 0.29) is 5.33 Å². The lowest BCUT2D eigenvalue weighted by molar-refractivity contribution is 0.268. The van der Waals surface area contributed by atoms with Gasteiger partial charge in [-0.25, -0.2) is 0 Å². The van der Waals surface area contributed by atoms with Crippen molar-refractivity contribution in [2.45, 2.75) is 13.8 Å². The molecule has 0 fully saturated rings. The summed E-state index contributed by atoms with van der Waals surface area (Å²) >= 11 is 6.81. The second-order valence-electron chi connectivity index (χ2n) is 1.45. The van der Waals surface area contributed by atoms with E-state index in [9.17, 15) is 0 Å². The maximum Gasteiger partial charge on any atom is 0.0878 e. The molecule has 0 spiro atoms. The van der Waals surface area contributed by atoms with E-state index in [2.05, 4.69) is 31.0 Å². The SMILES string of the molecule is CCO/C=C(\C)P(Br)Br. The second kappa shape index (κ2) is 5.70. The van der Waals surface area contributed by atoms with Crippen molar-refractivity contribution in [3.63, 3.8) is 0 Å². The molecule has 4 heteroatoms. The Bertz CT molecular complexity index is 103. The van der Waals surface area contributed by atoms with Gasteiger partial charge in [0.15, 0.2) is 0 Å². The molecule has 0 heterocycles.